The summed E-state index contributed by atoms with van der Waals surface area (Å²) < 4.78 is 17.2. The number of carbonyl (C=O) groups is 5. The lowest BCUT2D eigenvalue weighted by Crippen LogP contribution is -2.53. The zero-order chi connectivity index (χ0) is 40.5. The van der Waals surface area contributed by atoms with E-state index in [-0.39, 0.29) is 52.1 Å². The molecule has 15 heteroatoms. The molecule has 3 N–H and O–H groups in total. The van der Waals surface area contributed by atoms with E-state index >= 15 is 9.59 Å². The van der Waals surface area contributed by atoms with Crippen molar-refractivity contribution in [3.63, 3.8) is 0 Å². The van der Waals surface area contributed by atoms with E-state index in [0.29, 0.717) is 27.5 Å². The van der Waals surface area contributed by atoms with Gasteiger partial charge in [-0.3, -0.25) is 29.5 Å². The van der Waals surface area contributed by atoms with Crippen molar-refractivity contribution in [3.05, 3.63) is 117 Å². The number of amides is 4. The second-order valence-electron chi connectivity index (χ2n) is 14.3. The van der Waals surface area contributed by atoms with Crippen LogP contribution in [-0.4, -0.2) is 66.1 Å². The number of ether oxygens (including phenoxy) is 3. The summed E-state index contributed by atoms with van der Waals surface area (Å²) in [5.41, 5.74) is 2.85. The fraction of sp³-hybridized carbons (Fsp3) is 0.262. The van der Waals surface area contributed by atoms with Crippen LogP contribution in [0, 0.1) is 23.7 Å². The maximum Gasteiger partial charge on any atom is 0.335 e. The van der Waals surface area contributed by atoms with Gasteiger partial charge < -0.3 is 24.4 Å². The highest BCUT2D eigenvalue weighted by Gasteiger charge is 2.71. The number of imide groups is 2. The fourth-order valence-corrected chi connectivity index (χ4v) is 9.85. The minimum Gasteiger partial charge on any atom is -0.508 e. The average molecular weight is 813 g/mol. The molecule has 4 amide bonds. The third kappa shape index (κ3) is 5.70. The third-order valence-corrected chi connectivity index (χ3v) is 12.3. The number of rotatable bonds is 9. The molecule has 4 aromatic carbocycles. The number of anilines is 2. The summed E-state index contributed by atoms with van der Waals surface area (Å²) in [6.45, 7) is 0. The first-order chi connectivity index (χ1) is 27.3. The number of nitrogens with zero attached hydrogens (tertiary/aromatic N) is 2. The lowest BCUT2D eigenvalue weighted by Gasteiger charge is -2.51. The molecule has 0 spiro atoms. The van der Waals surface area contributed by atoms with E-state index in [2.05, 4.69) is 5.43 Å². The van der Waals surface area contributed by atoms with Gasteiger partial charge in [0.25, 0.3) is 11.8 Å². The summed E-state index contributed by atoms with van der Waals surface area (Å²) in [5, 5.41) is 21.9. The van der Waals surface area contributed by atoms with Gasteiger partial charge in [-0.05, 0) is 72.9 Å². The number of nitrogens with one attached hydrogen (secondary N) is 1. The second-order valence-corrected chi connectivity index (χ2v) is 15.2. The number of aromatic carboxylic acids is 1. The minimum absolute atomic E-state index is 0.0304. The molecule has 8 rings (SSSR count). The van der Waals surface area contributed by atoms with E-state index in [1.807, 2.05) is 6.08 Å². The Morgan fingerprint density at radius 1 is 0.842 bits per heavy atom. The molecule has 57 heavy (non-hydrogen) atoms. The van der Waals surface area contributed by atoms with Crippen molar-refractivity contribution < 1.29 is 48.4 Å². The Kier molecular flexibility index (Phi) is 9.40. The molecule has 0 aromatic heterocycles. The lowest BCUT2D eigenvalue weighted by atomic mass is 9.49. The maximum absolute atomic E-state index is 15.6. The van der Waals surface area contributed by atoms with Gasteiger partial charge in [0.2, 0.25) is 11.8 Å². The number of benzene rings is 4. The van der Waals surface area contributed by atoms with E-state index < -0.39 is 64.6 Å². The number of carboxylic acids is 1. The van der Waals surface area contributed by atoms with Gasteiger partial charge in [0.05, 0.1) is 66.5 Å². The smallest absolute Gasteiger partial charge is 0.335 e. The first-order valence-electron chi connectivity index (χ1n) is 18.0. The quantitative estimate of drug-likeness (QED) is 0.123. The highest BCUT2D eigenvalue weighted by molar-refractivity contribution is 6.36. The summed E-state index contributed by atoms with van der Waals surface area (Å²) in [6, 6.07) is 19.8. The molecule has 2 aliphatic carbocycles. The molecule has 1 saturated carbocycles. The standard InChI is InChI=1S/C42H35Cl2N3O10/c1-55-25-10-7-21(8-11-25)42-29(38(50)47(41(42)54)45-31-14-9-22(43)16-30(31)44)19-28-26(36(42)35-32(56-2)17-24(48)18-33(35)57-3)12-13-27-34(28)39(51)46(37(27)49)23-6-4-5-20(15-23)40(52)53/h4-12,14-18,27-29,34,36,45,48H,13,19H2,1-3H3,(H,52,53). The topological polar surface area (TPSA) is 172 Å². The Bertz CT molecular complexity index is 2390. The number of phenols is 1. The lowest BCUT2D eigenvalue weighted by molar-refractivity contribution is -0.138. The Hall–Kier alpha value is -6.05. The van der Waals surface area contributed by atoms with Crippen molar-refractivity contribution in [1.29, 1.82) is 0 Å². The molecule has 2 aliphatic heterocycles. The normalized spacial score (nSPS) is 25.1. The maximum atomic E-state index is 15.6. The van der Waals surface area contributed by atoms with E-state index in [4.69, 9.17) is 37.4 Å². The van der Waals surface area contributed by atoms with Crippen LogP contribution in [0.5, 0.6) is 23.0 Å². The van der Waals surface area contributed by atoms with Crippen LogP contribution in [0.2, 0.25) is 10.0 Å². The van der Waals surface area contributed by atoms with Crippen LogP contribution < -0.4 is 24.5 Å². The largest absolute Gasteiger partial charge is 0.508 e. The number of hydrogen-bond donors (Lipinski definition) is 3. The van der Waals surface area contributed by atoms with Crippen LogP contribution in [0.1, 0.15) is 40.2 Å². The molecule has 292 valence electrons. The fourth-order valence-electron chi connectivity index (χ4n) is 9.40. The van der Waals surface area contributed by atoms with Gasteiger partial charge in [-0.2, -0.15) is 5.01 Å². The predicted octanol–water partition coefficient (Wildman–Crippen LogP) is 6.61. The molecule has 0 bridgehead atoms. The van der Waals surface area contributed by atoms with Crippen molar-refractivity contribution in [2.45, 2.75) is 24.2 Å². The third-order valence-electron chi connectivity index (χ3n) is 11.7. The summed E-state index contributed by atoms with van der Waals surface area (Å²) >= 11 is 12.7. The summed E-state index contributed by atoms with van der Waals surface area (Å²) in [6.07, 6.45) is 1.93. The van der Waals surface area contributed by atoms with E-state index in [9.17, 15) is 24.6 Å². The van der Waals surface area contributed by atoms with Gasteiger partial charge in [-0.1, -0.05) is 53.1 Å². The van der Waals surface area contributed by atoms with Crippen LogP contribution in [0.15, 0.2) is 90.5 Å². The molecule has 4 aromatic rings. The number of hydrogen-bond acceptors (Lipinski definition) is 10. The van der Waals surface area contributed by atoms with Crippen molar-refractivity contribution >= 4 is 64.2 Å². The first-order valence-corrected chi connectivity index (χ1v) is 18.7. The van der Waals surface area contributed by atoms with Crippen LogP contribution in [0.4, 0.5) is 11.4 Å². The Labute approximate surface area is 336 Å². The Morgan fingerprint density at radius 2 is 1.54 bits per heavy atom. The second kappa shape index (κ2) is 14.2. The van der Waals surface area contributed by atoms with E-state index in [1.165, 1.54) is 63.8 Å². The van der Waals surface area contributed by atoms with Gasteiger partial charge in [0.15, 0.2) is 0 Å². The average Bonchev–Trinajstić information content (AvgIpc) is 3.59. The number of aromatic hydroxyl groups is 1. The van der Waals surface area contributed by atoms with Gasteiger partial charge in [-0.25, -0.2) is 4.79 Å². The highest BCUT2D eigenvalue weighted by Crippen LogP contribution is 2.66. The molecular weight excluding hydrogens is 777 g/mol. The number of phenolic OH excluding ortho intramolecular Hbond substituents is 1. The Morgan fingerprint density at radius 3 is 2.18 bits per heavy atom. The van der Waals surface area contributed by atoms with Crippen molar-refractivity contribution in [2.75, 3.05) is 31.7 Å². The molecule has 3 fully saturated rings. The number of methoxy groups -OCH3 is 3. The molecule has 4 aliphatic rings. The van der Waals surface area contributed by atoms with Crippen LogP contribution in [0.3, 0.4) is 0 Å². The summed E-state index contributed by atoms with van der Waals surface area (Å²) in [4.78, 5) is 72.5. The molecule has 6 atom stereocenters. The van der Waals surface area contributed by atoms with Gasteiger partial charge in [0, 0.05) is 28.6 Å². The molecule has 0 radical (unpaired) electrons. The monoisotopic (exact) mass is 811 g/mol. The number of carbonyl (C=O) groups excluding carboxylic acids is 4. The van der Waals surface area contributed by atoms with Crippen molar-refractivity contribution in [2.24, 2.45) is 23.7 Å². The molecule has 6 unspecified atom stereocenters. The zero-order valence-electron chi connectivity index (χ0n) is 30.7. The molecule has 13 nitrogen and oxygen atoms in total. The van der Waals surface area contributed by atoms with E-state index in [1.54, 1.807) is 36.4 Å². The van der Waals surface area contributed by atoms with E-state index in [0.717, 1.165) is 9.91 Å². The SMILES string of the molecule is COc1ccc(C23C(=O)N(Nc4ccc(Cl)cc4Cl)C(=O)C2CC2C(=CCC4C(=O)N(c5cccc(C(=O)O)c5)C(=O)C42)C3c2c(OC)cc(O)cc2OC)cc1. The number of hydrazine groups is 1. The molecular formula is C42H35Cl2N3O10. The van der Waals surface area contributed by atoms with Crippen molar-refractivity contribution in [3.8, 4) is 23.0 Å². The molecule has 2 saturated heterocycles. The minimum atomic E-state index is -1.73. The van der Waals surface area contributed by atoms with Gasteiger partial charge in [-0.15, -0.1) is 0 Å². The first kappa shape index (κ1) is 37.9. The van der Waals surface area contributed by atoms with Crippen LogP contribution in [0.25, 0.3) is 0 Å². The number of carboxylic acid groups (broad SMARTS) is 1. The Balaban J connectivity index is 1.37. The van der Waals surface area contributed by atoms with Crippen LogP contribution >= 0.6 is 23.2 Å². The molecule has 2 heterocycles. The summed E-state index contributed by atoms with van der Waals surface area (Å²) in [5.74, 6) is -7.73. The predicted molar refractivity (Wildman–Crippen MR) is 208 cm³/mol. The number of halogens is 2. The van der Waals surface area contributed by atoms with Gasteiger partial charge >= 0.3 is 5.97 Å². The van der Waals surface area contributed by atoms with Crippen LogP contribution in [-0.2, 0) is 24.6 Å². The summed E-state index contributed by atoms with van der Waals surface area (Å²) in [7, 11) is 4.31. The van der Waals surface area contributed by atoms with Crippen molar-refractivity contribution in [1.82, 2.24) is 5.01 Å². The van der Waals surface area contributed by atoms with Gasteiger partial charge in [0.1, 0.15) is 23.0 Å². The highest BCUT2D eigenvalue weighted by atomic mass is 35.5. The zero-order valence-corrected chi connectivity index (χ0v) is 32.2. The number of allylic oxidation sites excluding steroid dienone is 2. The number of fused-ring (bicyclic) bond motifs is 4.